The van der Waals surface area contributed by atoms with Crippen molar-refractivity contribution in [1.82, 2.24) is 25.1 Å². The van der Waals surface area contributed by atoms with Crippen LogP contribution in [0.5, 0.6) is 0 Å². The van der Waals surface area contributed by atoms with E-state index in [1.54, 1.807) is 12.4 Å². The Bertz CT molecular complexity index is 851. The first-order valence-electron chi connectivity index (χ1n) is 8.51. The molecule has 1 N–H and O–H groups in total. The minimum atomic E-state index is -0.254. The predicted molar refractivity (Wildman–Crippen MR) is 103 cm³/mol. The number of rotatable bonds is 7. The van der Waals surface area contributed by atoms with E-state index in [-0.39, 0.29) is 11.2 Å². The smallest absolute Gasteiger partial charge is 0.233 e. The Kier molecular flexibility index (Phi) is 6.01. The molecule has 0 aliphatic rings. The van der Waals surface area contributed by atoms with E-state index in [1.165, 1.54) is 11.8 Å². The number of carbonyl (C=O) groups is 1. The van der Waals surface area contributed by atoms with Crippen molar-refractivity contribution in [2.75, 3.05) is 6.54 Å². The van der Waals surface area contributed by atoms with Crippen LogP contribution in [0.15, 0.2) is 60.0 Å². The summed E-state index contributed by atoms with van der Waals surface area (Å²) in [5.74, 6) is 0.738. The highest BCUT2D eigenvalue weighted by Gasteiger charge is 2.20. The molecular weight excluding hydrogens is 346 g/mol. The number of nitrogens with one attached hydrogen (secondary N) is 1. The summed E-state index contributed by atoms with van der Waals surface area (Å²) in [7, 11) is 0. The molecule has 0 fully saturated rings. The van der Waals surface area contributed by atoms with E-state index in [0.29, 0.717) is 18.2 Å². The van der Waals surface area contributed by atoms with E-state index >= 15 is 0 Å². The largest absolute Gasteiger partial charge is 0.355 e. The molecular formula is C19H21N5OS. The molecule has 0 aliphatic heterocycles. The lowest BCUT2D eigenvalue weighted by Crippen LogP contribution is -2.30. The summed E-state index contributed by atoms with van der Waals surface area (Å²) in [6.07, 6.45) is 3.50. The third-order valence-electron chi connectivity index (χ3n) is 3.82. The lowest BCUT2D eigenvalue weighted by Gasteiger charge is -2.13. The third kappa shape index (κ3) is 4.29. The molecule has 2 aromatic heterocycles. The van der Waals surface area contributed by atoms with Gasteiger partial charge >= 0.3 is 0 Å². The zero-order valence-corrected chi connectivity index (χ0v) is 15.6. The quantitative estimate of drug-likeness (QED) is 0.650. The maximum atomic E-state index is 12.1. The van der Waals surface area contributed by atoms with Gasteiger partial charge in [0.1, 0.15) is 0 Å². The van der Waals surface area contributed by atoms with Crippen LogP contribution in [-0.2, 0) is 11.3 Å². The number of carbonyl (C=O) groups excluding carboxylic acids is 1. The van der Waals surface area contributed by atoms with Crippen molar-refractivity contribution in [2.45, 2.75) is 30.8 Å². The number of hydrogen-bond donors (Lipinski definition) is 1. The summed E-state index contributed by atoms with van der Waals surface area (Å²) in [6, 6.07) is 14.0. The average molecular weight is 367 g/mol. The van der Waals surface area contributed by atoms with Crippen LogP contribution in [0.3, 0.4) is 0 Å². The van der Waals surface area contributed by atoms with Gasteiger partial charge in [0.25, 0.3) is 0 Å². The third-order valence-corrected chi connectivity index (χ3v) is 4.90. The molecule has 1 amide bonds. The second-order valence-corrected chi connectivity index (χ2v) is 7.08. The normalized spacial score (nSPS) is 11.9. The second-order valence-electron chi connectivity index (χ2n) is 5.77. The molecule has 7 heteroatoms. The topological polar surface area (TPSA) is 72.7 Å². The van der Waals surface area contributed by atoms with Gasteiger partial charge in [-0.3, -0.25) is 14.3 Å². The first kappa shape index (κ1) is 18.1. The molecule has 3 rings (SSSR count). The molecule has 134 valence electrons. The Balaban J connectivity index is 1.94. The number of thioether (sulfide) groups is 1. The van der Waals surface area contributed by atoms with Gasteiger partial charge in [-0.05, 0) is 31.5 Å². The van der Waals surface area contributed by atoms with Crippen molar-refractivity contribution >= 4 is 17.7 Å². The van der Waals surface area contributed by atoms with Crippen LogP contribution in [-0.4, -0.2) is 37.5 Å². The van der Waals surface area contributed by atoms with Crippen molar-refractivity contribution in [3.63, 3.8) is 0 Å². The lowest BCUT2D eigenvalue weighted by molar-refractivity contribution is -0.120. The Labute approximate surface area is 157 Å². The van der Waals surface area contributed by atoms with Crippen molar-refractivity contribution in [2.24, 2.45) is 0 Å². The van der Waals surface area contributed by atoms with Crippen LogP contribution < -0.4 is 5.32 Å². The molecule has 0 radical (unpaired) electrons. The van der Waals surface area contributed by atoms with Gasteiger partial charge in [-0.1, -0.05) is 42.1 Å². The van der Waals surface area contributed by atoms with E-state index in [9.17, 15) is 4.79 Å². The van der Waals surface area contributed by atoms with Crippen molar-refractivity contribution in [1.29, 1.82) is 0 Å². The summed E-state index contributed by atoms with van der Waals surface area (Å²) >= 11 is 1.41. The van der Waals surface area contributed by atoms with Gasteiger partial charge in [0, 0.05) is 24.5 Å². The van der Waals surface area contributed by atoms with Crippen molar-refractivity contribution in [3.8, 4) is 11.4 Å². The van der Waals surface area contributed by atoms with Gasteiger partial charge in [-0.15, -0.1) is 10.2 Å². The molecule has 0 aliphatic carbocycles. The molecule has 1 unspecified atom stereocenters. The molecule has 1 aromatic carbocycles. The number of pyridine rings is 1. The number of benzene rings is 1. The van der Waals surface area contributed by atoms with Gasteiger partial charge in [0.2, 0.25) is 5.91 Å². The minimum absolute atomic E-state index is 0.00492. The first-order valence-corrected chi connectivity index (χ1v) is 9.39. The number of amides is 1. The van der Waals surface area contributed by atoms with Gasteiger partial charge in [0.15, 0.2) is 11.0 Å². The Morgan fingerprint density at radius 3 is 2.69 bits per heavy atom. The fraction of sp³-hybridized carbons (Fsp3) is 0.263. The number of aromatic nitrogens is 4. The minimum Gasteiger partial charge on any atom is -0.355 e. The molecule has 0 saturated heterocycles. The number of nitrogens with zero attached hydrogens (tertiary/aromatic N) is 4. The summed E-state index contributed by atoms with van der Waals surface area (Å²) in [6.45, 7) is 5.03. The summed E-state index contributed by atoms with van der Waals surface area (Å²) in [4.78, 5) is 16.3. The molecule has 2 heterocycles. The summed E-state index contributed by atoms with van der Waals surface area (Å²) in [5, 5.41) is 12.0. The maximum Gasteiger partial charge on any atom is 0.233 e. The van der Waals surface area contributed by atoms with E-state index in [4.69, 9.17) is 0 Å². The Morgan fingerprint density at radius 1 is 1.19 bits per heavy atom. The van der Waals surface area contributed by atoms with Crippen molar-refractivity contribution in [3.05, 3.63) is 60.4 Å². The highest BCUT2D eigenvalue weighted by atomic mass is 32.2. The molecule has 26 heavy (non-hydrogen) atoms. The van der Waals surface area contributed by atoms with Gasteiger partial charge in [-0.25, -0.2) is 0 Å². The fourth-order valence-electron chi connectivity index (χ4n) is 2.52. The van der Waals surface area contributed by atoms with E-state index in [2.05, 4.69) is 32.6 Å². The van der Waals surface area contributed by atoms with Gasteiger partial charge in [-0.2, -0.15) is 0 Å². The standard InChI is InChI=1S/C19H21N5OS/c1-3-21-18(25)14(2)26-19-23-22-17(16-10-7-11-20-12-16)24(19)13-15-8-5-4-6-9-15/h4-12,14H,3,13H2,1-2H3,(H,21,25). The maximum absolute atomic E-state index is 12.1. The molecule has 0 spiro atoms. The monoisotopic (exact) mass is 367 g/mol. The summed E-state index contributed by atoms with van der Waals surface area (Å²) in [5.41, 5.74) is 2.04. The SMILES string of the molecule is CCNC(=O)C(C)Sc1nnc(-c2cccnc2)n1Cc1ccccc1. The van der Waals surface area contributed by atoms with Crippen LogP contribution in [0.4, 0.5) is 0 Å². The predicted octanol–water partition coefficient (Wildman–Crippen LogP) is 3.01. The first-order chi connectivity index (χ1) is 12.7. The van der Waals surface area contributed by atoms with E-state index in [0.717, 1.165) is 17.0 Å². The molecule has 3 aromatic rings. The van der Waals surface area contributed by atoms with Crippen LogP contribution in [0, 0.1) is 0 Å². The van der Waals surface area contributed by atoms with E-state index < -0.39 is 0 Å². The molecule has 0 saturated carbocycles. The Hall–Kier alpha value is -2.67. The highest BCUT2D eigenvalue weighted by Crippen LogP contribution is 2.27. The zero-order valence-electron chi connectivity index (χ0n) is 14.8. The van der Waals surface area contributed by atoms with Crippen LogP contribution >= 0.6 is 11.8 Å². The molecule has 1 atom stereocenters. The fourth-order valence-corrected chi connectivity index (χ4v) is 3.40. The van der Waals surface area contributed by atoms with E-state index in [1.807, 2.05) is 48.7 Å². The van der Waals surface area contributed by atoms with Crippen LogP contribution in [0.2, 0.25) is 0 Å². The zero-order chi connectivity index (χ0) is 18.4. The molecule has 6 nitrogen and oxygen atoms in total. The highest BCUT2D eigenvalue weighted by molar-refractivity contribution is 8.00. The number of hydrogen-bond acceptors (Lipinski definition) is 5. The lowest BCUT2D eigenvalue weighted by atomic mass is 10.2. The molecule has 0 bridgehead atoms. The van der Waals surface area contributed by atoms with Crippen LogP contribution in [0.25, 0.3) is 11.4 Å². The average Bonchev–Trinajstić information content (AvgIpc) is 3.05. The van der Waals surface area contributed by atoms with Gasteiger partial charge < -0.3 is 5.32 Å². The second kappa shape index (κ2) is 8.62. The summed E-state index contributed by atoms with van der Waals surface area (Å²) < 4.78 is 2.03. The Morgan fingerprint density at radius 2 is 2.00 bits per heavy atom. The van der Waals surface area contributed by atoms with Crippen molar-refractivity contribution < 1.29 is 4.79 Å². The van der Waals surface area contributed by atoms with Gasteiger partial charge in [0.05, 0.1) is 11.8 Å². The van der Waals surface area contributed by atoms with Crippen LogP contribution in [0.1, 0.15) is 19.4 Å².